The van der Waals surface area contributed by atoms with Gasteiger partial charge >= 0.3 is 17.8 Å². The molecule has 1 fully saturated rings. The summed E-state index contributed by atoms with van der Waals surface area (Å²) in [4.78, 5) is 34.7. The van der Waals surface area contributed by atoms with Crippen LogP contribution >= 0.6 is 0 Å². The van der Waals surface area contributed by atoms with Gasteiger partial charge in [-0.05, 0) is 24.3 Å². The molecule has 2 amide bonds. The number of rotatable bonds is 2. The van der Waals surface area contributed by atoms with Gasteiger partial charge in [0.15, 0.2) is 0 Å². The predicted molar refractivity (Wildman–Crippen MR) is 58.8 cm³/mol. The standard InChI is InChI=1S/C11H10N2O4/c14-9-10(15)13(6-5-12-9)8-3-1-7(2-4-8)11(16)17/h1-4H,5-6H2,(H,12,14)(H,16,17). The van der Waals surface area contributed by atoms with Crippen LogP contribution in [-0.4, -0.2) is 36.0 Å². The lowest BCUT2D eigenvalue weighted by Gasteiger charge is -2.26. The third kappa shape index (κ3) is 2.10. The number of hydrogen-bond acceptors (Lipinski definition) is 3. The van der Waals surface area contributed by atoms with Gasteiger partial charge in [-0.25, -0.2) is 4.79 Å². The molecule has 1 aliphatic heterocycles. The van der Waals surface area contributed by atoms with Crippen molar-refractivity contribution in [3.05, 3.63) is 29.8 Å². The highest BCUT2D eigenvalue weighted by atomic mass is 16.4. The summed E-state index contributed by atoms with van der Waals surface area (Å²) in [5.74, 6) is -2.29. The van der Waals surface area contributed by atoms with Crippen LogP contribution in [0.5, 0.6) is 0 Å². The number of piperazine rings is 1. The first-order valence-electron chi connectivity index (χ1n) is 5.02. The van der Waals surface area contributed by atoms with E-state index in [2.05, 4.69) is 5.32 Å². The molecule has 1 aromatic rings. The Bertz CT molecular complexity index is 481. The van der Waals surface area contributed by atoms with Gasteiger partial charge in [0, 0.05) is 18.8 Å². The van der Waals surface area contributed by atoms with Crippen LogP contribution in [0.3, 0.4) is 0 Å². The van der Waals surface area contributed by atoms with Crippen LogP contribution in [0, 0.1) is 0 Å². The number of nitrogens with one attached hydrogen (secondary N) is 1. The Morgan fingerprint density at radius 1 is 1.24 bits per heavy atom. The molecule has 0 radical (unpaired) electrons. The molecule has 2 rings (SSSR count). The summed E-state index contributed by atoms with van der Waals surface area (Å²) in [6, 6.07) is 5.83. The van der Waals surface area contributed by atoms with E-state index in [1.807, 2.05) is 0 Å². The lowest BCUT2D eigenvalue weighted by Crippen LogP contribution is -2.52. The maximum Gasteiger partial charge on any atom is 0.335 e. The average molecular weight is 234 g/mol. The van der Waals surface area contributed by atoms with Crippen molar-refractivity contribution in [1.82, 2.24) is 5.32 Å². The monoisotopic (exact) mass is 234 g/mol. The zero-order chi connectivity index (χ0) is 12.4. The SMILES string of the molecule is O=C1NCCN(c2ccc(C(=O)O)cc2)C1=O. The zero-order valence-electron chi connectivity index (χ0n) is 8.84. The zero-order valence-corrected chi connectivity index (χ0v) is 8.84. The van der Waals surface area contributed by atoms with Gasteiger partial charge in [0.05, 0.1) is 5.56 Å². The van der Waals surface area contributed by atoms with E-state index in [1.54, 1.807) is 0 Å². The fraction of sp³-hybridized carbons (Fsp3) is 0.182. The molecule has 1 aliphatic rings. The van der Waals surface area contributed by atoms with Gasteiger partial charge in [-0.1, -0.05) is 0 Å². The normalized spacial score (nSPS) is 15.6. The highest BCUT2D eigenvalue weighted by Gasteiger charge is 2.27. The quantitative estimate of drug-likeness (QED) is 0.696. The molecular formula is C11H10N2O4. The summed E-state index contributed by atoms with van der Waals surface area (Å²) in [5.41, 5.74) is 0.664. The highest BCUT2D eigenvalue weighted by molar-refractivity contribution is 6.41. The van der Waals surface area contributed by atoms with Crippen molar-refractivity contribution in [3.63, 3.8) is 0 Å². The van der Waals surface area contributed by atoms with E-state index in [-0.39, 0.29) is 5.56 Å². The molecule has 6 heteroatoms. The third-order valence-corrected chi connectivity index (χ3v) is 2.49. The summed E-state index contributed by atoms with van der Waals surface area (Å²) in [5, 5.41) is 11.2. The molecule has 0 spiro atoms. The number of hydrogen-bond donors (Lipinski definition) is 2. The second kappa shape index (κ2) is 4.25. The number of aromatic carboxylic acids is 1. The number of carbonyl (C=O) groups excluding carboxylic acids is 2. The largest absolute Gasteiger partial charge is 0.478 e. The minimum Gasteiger partial charge on any atom is -0.478 e. The second-order valence-electron chi connectivity index (χ2n) is 3.56. The van der Waals surface area contributed by atoms with E-state index < -0.39 is 17.8 Å². The lowest BCUT2D eigenvalue weighted by atomic mass is 10.2. The van der Waals surface area contributed by atoms with Crippen molar-refractivity contribution in [2.75, 3.05) is 18.0 Å². The van der Waals surface area contributed by atoms with Gasteiger partial charge in [-0.3, -0.25) is 9.59 Å². The molecule has 88 valence electrons. The summed E-state index contributed by atoms with van der Waals surface area (Å²) in [6.45, 7) is 0.780. The highest BCUT2D eigenvalue weighted by Crippen LogP contribution is 2.16. The summed E-state index contributed by atoms with van der Waals surface area (Å²) in [7, 11) is 0. The van der Waals surface area contributed by atoms with Crippen LogP contribution < -0.4 is 10.2 Å². The fourth-order valence-electron chi connectivity index (χ4n) is 1.61. The lowest BCUT2D eigenvalue weighted by molar-refractivity contribution is -0.138. The molecule has 0 unspecified atom stereocenters. The Labute approximate surface area is 96.8 Å². The van der Waals surface area contributed by atoms with Gasteiger partial charge in [0.2, 0.25) is 0 Å². The Balaban J connectivity index is 2.25. The Kier molecular flexibility index (Phi) is 2.78. The van der Waals surface area contributed by atoms with Gasteiger partial charge in [0.1, 0.15) is 0 Å². The van der Waals surface area contributed by atoms with Crippen molar-refractivity contribution in [2.24, 2.45) is 0 Å². The topological polar surface area (TPSA) is 86.7 Å². The van der Waals surface area contributed by atoms with Gasteiger partial charge in [-0.2, -0.15) is 0 Å². The average Bonchev–Trinajstić information content (AvgIpc) is 2.33. The Morgan fingerprint density at radius 2 is 1.88 bits per heavy atom. The molecule has 0 saturated carbocycles. The molecule has 1 heterocycles. The van der Waals surface area contributed by atoms with E-state index >= 15 is 0 Å². The molecule has 6 nitrogen and oxygen atoms in total. The first kappa shape index (κ1) is 11.1. The minimum absolute atomic E-state index is 0.141. The van der Waals surface area contributed by atoms with Crippen molar-refractivity contribution in [1.29, 1.82) is 0 Å². The number of anilines is 1. The maximum absolute atomic E-state index is 11.5. The van der Waals surface area contributed by atoms with Crippen molar-refractivity contribution in [2.45, 2.75) is 0 Å². The minimum atomic E-state index is -1.03. The summed E-state index contributed by atoms with van der Waals surface area (Å²) < 4.78 is 0. The van der Waals surface area contributed by atoms with E-state index in [4.69, 9.17) is 5.11 Å². The fourth-order valence-corrected chi connectivity index (χ4v) is 1.61. The van der Waals surface area contributed by atoms with Gasteiger partial charge in [0.25, 0.3) is 0 Å². The first-order valence-corrected chi connectivity index (χ1v) is 5.02. The molecule has 0 bridgehead atoms. The van der Waals surface area contributed by atoms with Crippen molar-refractivity contribution in [3.8, 4) is 0 Å². The van der Waals surface area contributed by atoms with Gasteiger partial charge < -0.3 is 15.3 Å². The molecule has 0 aromatic heterocycles. The first-order chi connectivity index (χ1) is 8.09. The summed E-state index contributed by atoms with van der Waals surface area (Å²) >= 11 is 0. The molecule has 0 aliphatic carbocycles. The van der Waals surface area contributed by atoms with E-state index in [9.17, 15) is 14.4 Å². The second-order valence-corrected chi connectivity index (χ2v) is 3.56. The summed E-state index contributed by atoms with van der Waals surface area (Å²) in [6.07, 6.45) is 0. The van der Waals surface area contributed by atoms with Crippen LogP contribution in [0.25, 0.3) is 0 Å². The molecule has 1 aromatic carbocycles. The number of benzene rings is 1. The smallest absolute Gasteiger partial charge is 0.335 e. The van der Waals surface area contributed by atoms with Crippen LogP contribution in [0.2, 0.25) is 0 Å². The van der Waals surface area contributed by atoms with Crippen LogP contribution in [0.4, 0.5) is 5.69 Å². The maximum atomic E-state index is 11.5. The molecule has 17 heavy (non-hydrogen) atoms. The van der Waals surface area contributed by atoms with Crippen LogP contribution in [0.1, 0.15) is 10.4 Å². The van der Waals surface area contributed by atoms with Crippen LogP contribution in [0.15, 0.2) is 24.3 Å². The molecule has 0 atom stereocenters. The predicted octanol–water partition coefficient (Wildman–Crippen LogP) is -0.152. The van der Waals surface area contributed by atoms with Crippen molar-refractivity contribution < 1.29 is 19.5 Å². The number of carboxylic acid groups (broad SMARTS) is 1. The number of carbonyl (C=O) groups is 3. The molecule has 1 saturated heterocycles. The number of carboxylic acids is 1. The van der Waals surface area contributed by atoms with Gasteiger partial charge in [-0.15, -0.1) is 0 Å². The molecular weight excluding hydrogens is 224 g/mol. The Morgan fingerprint density at radius 3 is 2.47 bits per heavy atom. The third-order valence-electron chi connectivity index (χ3n) is 2.49. The number of amides is 2. The van der Waals surface area contributed by atoms with E-state index in [0.717, 1.165) is 0 Å². The Hall–Kier alpha value is -2.37. The number of nitrogens with zero attached hydrogens (tertiary/aromatic N) is 1. The van der Waals surface area contributed by atoms with E-state index in [0.29, 0.717) is 18.8 Å². The van der Waals surface area contributed by atoms with E-state index in [1.165, 1.54) is 29.2 Å². The molecule has 2 N–H and O–H groups in total. The van der Waals surface area contributed by atoms with Crippen molar-refractivity contribution >= 4 is 23.5 Å². The van der Waals surface area contributed by atoms with Crippen LogP contribution in [-0.2, 0) is 9.59 Å².